The Hall–Kier alpha value is -4.26. The van der Waals surface area contributed by atoms with Crippen LogP contribution < -0.4 is 19.8 Å². The van der Waals surface area contributed by atoms with E-state index in [1.165, 1.54) is 0 Å². The Morgan fingerprint density at radius 2 is 1.80 bits per heavy atom. The quantitative estimate of drug-likeness (QED) is 0.419. The molecule has 178 valence electrons. The maximum absolute atomic E-state index is 13.6. The van der Waals surface area contributed by atoms with E-state index in [0.29, 0.717) is 41.5 Å². The number of carbonyl (C=O) groups excluding carboxylic acids is 1. The number of nitrogens with one attached hydrogen (secondary N) is 1. The highest BCUT2D eigenvalue weighted by molar-refractivity contribution is 5.94. The predicted molar refractivity (Wildman–Crippen MR) is 133 cm³/mol. The van der Waals surface area contributed by atoms with Crippen molar-refractivity contribution in [2.45, 2.75) is 26.9 Å². The maximum Gasteiger partial charge on any atom is 0.254 e. The molecule has 4 aromatic rings. The minimum Gasteiger partial charge on any atom is -0.494 e. The molecule has 0 saturated carbocycles. The van der Waals surface area contributed by atoms with Crippen molar-refractivity contribution >= 4 is 16.8 Å². The van der Waals surface area contributed by atoms with Crippen LogP contribution in [0.5, 0.6) is 17.2 Å². The van der Waals surface area contributed by atoms with Gasteiger partial charge in [-0.05, 0) is 72.8 Å². The van der Waals surface area contributed by atoms with E-state index < -0.39 is 0 Å². The van der Waals surface area contributed by atoms with E-state index in [1.54, 1.807) is 29.2 Å². The molecule has 1 aliphatic heterocycles. The molecule has 0 atom stereocenters. The normalized spacial score (nSPS) is 12.1. The van der Waals surface area contributed by atoms with Gasteiger partial charge in [0.2, 0.25) is 6.79 Å². The second-order valence-electron chi connectivity index (χ2n) is 8.47. The summed E-state index contributed by atoms with van der Waals surface area (Å²) >= 11 is 0. The monoisotopic (exact) mass is 470 g/mol. The zero-order chi connectivity index (χ0) is 24.4. The van der Waals surface area contributed by atoms with E-state index in [0.717, 1.165) is 22.0 Å². The lowest BCUT2D eigenvalue weighted by atomic mass is 10.1. The molecule has 1 amide bonds. The Morgan fingerprint density at radius 3 is 2.60 bits per heavy atom. The Balaban J connectivity index is 1.49. The van der Waals surface area contributed by atoms with Crippen LogP contribution in [0, 0.1) is 6.92 Å². The summed E-state index contributed by atoms with van der Waals surface area (Å²) in [4.78, 5) is 31.2. The first-order valence-electron chi connectivity index (χ1n) is 11.5. The highest BCUT2D eigenvalue weighted by Gasteiger charge is 2.21. The van der Waals surface area contributed by atoms with Gasteiger partial charge in [0, 0.05) is 17.7 Å². The number of hydrogen-bond donors (Lipinski definition) is 1. The van der Waals surface area contributed by atoms with E-state index >= 15 is 0 Å². The third kappa shape index (κ3) is 4.71. The molecule has 7 nitrogen and oxygen atoms in total. The molecule has 1 aliphatic rings. The van der Waals surface area contributed by atoms with Crippen LogP contribution in [-0.2, 0) is 13.1 Å². The van der Waals surface area contributed by atoms with Crippen LogP contribution in [0.25, 0.3) is 10.9 Å². The van der Waals surface area contributed by atoms with Gasteiger partial charge in [0.25, 0.3) is 11.5 Å². The summed E-state index contributed by atoms with van der Waals surface area (Å²) < 4.78 is 16.4. The highest BCUT2D eigenvalue weighted by atomic mass is 16.7. The molecule has 0 radical (unpaired) electrons. The molecule has 0 bridgehead atoms. The first-order valence-corrected chi connectivity index (χ1v) is 11.5. The molecule has 2 heterocycles. The number of ether oxygens (including phenoxy) is 3. The number of hydrogen-bond acceptors (Lipinski definition) is 5. The zero-order valence-electron chi connectivity index (χ0n) is 19.7. The molecular formula is C28H26N2O5. The van der Waals surface area contributed by atoms with Crippen molar-refractivity contribution in [1.29, 1.82) is 0 Å². The maximum atomic E-state index is 13.6. The third-order valence-electron chi connectivity index (χ3n) is 6.04. The SMILES string of the molecule is CCOc1ccc(C(=O)N(Cc2ccc3c(c2)OCO3)Cc2cc3cccc(C)c3[nH]c2=O)cc1. The lowest BCUT2D eigenvalue weighted by molar-refractivity contribution is 0.0729. The number of para-hydroxylation sites is 1. The standard InChI is InChI=1S/C28H26N2O5/c1-3-33-23-10-8-20(9-11-23)28(32)30(15-19-7-12-24-25(13-19)35-17-34-24)16-22-14-21-6-4-5-18(2)26(21)29-27(22)31/h4-14H,3,15-17H2,1-2H3,(H,29,31). The van der Waals surface area contributed by atoms with Gasteiger partial charge in [-0.15, -0.1) is 0 Å². The van der Waals surface area contributed by atoms with Crippen LogP contribution in [0.2, 0.25) is 0 Å². The first kappa shape index (κ1) is 22.5. The van der Waals surface area contributed by atoms with Crippen molar-refractivity contribution in [3.05, 3.63) is 99.3 Å². The van der Waals surface area contributed by atoms with Gasteiger partial charge in [-0.1, -0.05) is 24.3 Å². The van der Waals surface area contributed by atoms with Gasteiger partial charge in [0.1, 0.15) is 5.75 Å². The van der Waals surface area contributed by atoms with Crippen molar-refractivity contribution in [2.24, 2.45) is 0 Å². The number of amides is 1. The predicted octanol–water partition coefficient (Wildman–Crippen LogP) is 4.81. The van der Waals surface area contributed by atoms with E-state index in [-0.39, 0.29) is 24.8 Å². The fourth-order valence-corrected chi connectivity index (χ4v) is 4.25. The fraction of sp³-hybridized carbons (Fsp3) is 0.214. The number of nitrogens with zero attached hydrogens (tertiary/aromatic N) is 1. The van der Waals surface area contributed by atoms with Crippen LogP contribution in [-0.4, -0.2) is 29.2 Å². The molecule has 7 heteroatoms. The van der Waals surface area contributed by atoms with Crippen LogP contribution in [0.3, 0.4) is 0 Å². The first-order chi connectivity index (χ1) is 17.0. The van der Waals surface area contributed by atoms with Crippen molar-refractivity contribution in [2.75, 3.05) is 13.4 Å². The number of H-pyrrole nitrogens is 1. The summed E-state index contributed by atoms with van der Waals surface area (Å²) in [7, 11) is 0. The number of aromatic nitrogens is 1. The molecule has 0 unspecified atom stereocenters. The average Bonchev–Trinajstić information content (AvgIpc) is 3.33. The number of aryl methyl sites for hydroxylation is 1. The molecule has 0 fully saturated rings. The van der Waals surface area contributed by atoms with E-state index in [2.05, 4.69) is 4.98 Å². The van der Waals surface area contributed by atoms with Crippen LogP contribution in [0.1, 0.15) is 34.0 Å². The third-order valence-corrected chi connectivity index (χ3v) is 6.04. The molecule has 1 aromatic heterocycles. The lowest BCUT2D eigenvalue weighted by Crippen LogP contribution is -2.32. The van der Waals surface area contributed by atoms with Gasteiger partial charge in [-0.25, -0.2) is 0 Å². The van der Waals surface area contributed by atoms with Crippen LogP contribution in [0.4, 0.5) is 0 Å². The van der Waals surface area contributed by atoms with E-state index in [1.807, 2.05) is 56.3 Å². The second kappa shape index (κ2) is 9.54. The zero-order valence-corrected chi connectivity index (χ0v) is 19.7. The summed E-state index contributed by atoms with van der Waals surface area (Å²) in [6, 6.07) is 20.4. The van der Waals surface area contributed by atoms with Crippen molar-refractivity contribution in [3.63, 3.8) is 0 Å². The average molecular weight is 471 g/mol. The molecule has 35 heavy (non-hydrogen) atoms. The van der Waals surface area contributed by atoms with Gasteiger partial charge in [0.05, 0.1) is 18.7 Å². The van der Waals surface area contributed by atoms with E-state index in [9.17, 15) is 9.59 Å². The largest absolute Gasteiger partial charge is 0.494 e. The summed E-state index contributed by atoms with van der Waals surface area (Å²) in [5.74, 6) is 1.84. The Kier molecular flexibility index (Phi) is 6.14. The summed E-state index contributed by atoms with van der Waals surface area (Å²) in [5, 5.41) is 0.927. The van der Waals surface area contributed by atoms with Crippen molar-refractivity contribution in [3.8, 4) is 17.2 Å². The van der Waals surface area contributed by atoms with E-state index in [4.69, 9.17) is 14.2 Å². The fourth-order valence-electron chi connectivity index (χ4n) is 4.25. The van der Waals surface area contributed by atoms with Gasteiger partial charge >= 0.3 is 0 Å². The molecule has 1 N–H and O–H groups in total. The molecule has 0 spiro atoms. The summed E-state index contributed by atoms with van der Waals surface area (Å²) in [6.45, 7) is 5.05. The smallest absolute Gasteiger partial charge is 0.254 e. The number of carbonyl (C=O) groups is 1. The summed E-state index contributed by atoms with van der Waals surface area (Å²) in [6.07, 6.45) is 0. The Labute approximate surface area is 202 Å². The molecule has 5 rings (SSSR count). The van der Waals surface area contributed by atoms with Crippen LogP contribution >= 0.6 is 0 Å². The molecular weight excluding hydrogens is 444 g/mol. The Morgan fingerprint density at radius 1 is 1.00 bits per heavy atom. The van der Waals surface area contributed by atoms with Crippen molar-refractivity contribution < 1.29 is 19.0 Å². The van der Waals surface area contributed by atoms with Crippen molar-refractivity contribution in [1.82, 2.24) is 9.88 Å². The second-order valence-corrected chi connectivity index (χ2v) is 8.47. The van der Waals surface area contributed by atoms with Gasteiger partial charge in [-0.3, -0.25) is 9.59 Å². The van der Waals surface area contributed by atoms with Gasteiger partial charge in [0.15, 0.2) is 11.5 Å². The van der Waals surface area contributed by atoms with Gasteiger partial charge < -0.3 is 24.1 Å². The van der Waals surface area contributed by atoms with Gasteiger partial charge in [-0.2, -0.15) is 0 Å². The topological polar surface area (TPSA) is 80.9 Å². The van der Waals surface area contributed by atoms with Crippen LogP contribution in [0.15, 0.2) is 71.5 Å². The highest BCUT2D eigenvalue weighted by Crippen LogP contribution is 2.33. The number of benzene rings is 3. The minimum absolute atomic E-state index is 0.152. The minimum atomic E-state index is -0.206. The number of aromatic amines is 1. The lowest BCUT2D eigenvalue weighted by Gasteiger charge is -2.23. The number of rotatable bonds is 7. The summed E-state index contributed by atoms with van der Waals surface area (Å²) in [5.41, 5.74) is 3.50. The number of fused-ring (bicyclic) bond motifs is 2. The molecule has 0 saturated heterocycles. The Bertz CT molecular complexity index is 1440. The molecule has 0 aliphatic carbocycles. The number of pyridine rings is 1. The molecule has 3 aromatic carbocycles.